The lowest BCUT2D eigenvalue weighted by molar-refractivity contribution is 0.0196. The lowest BCUT2D eigenvalue weighted by atomic mass is 9.94. The molecule has 4 nitrogen and oxygen atoms in total. The van der Waals surface area contributed by atoms with Crippen molar-refractivity contribution in [3.05, 3.63) is 28.0 Å². The second-order valence-corrected chi connectivity index (χ2v) is 7.62. The highest BCUT2D eigenvalue weighted by molar-refractivity contribution is 9.10. The van der Waals surface area contributed by atoms with Gasteiger partial charge in [-0.2, -0.15) is 0 Å². The van der Waals surface area contributed by atoms with Crippen LogP contribution in [0, 0.1) is 0 Å². The van der Waals surface area contributed by atoms with Gasteiger partial charge in [-0.05, 0) is 45.7 Å². The standard InChI is InChI=1S/C16H21BrF2N2O2/c1-16(2,3)23-15(22)21-6-4-5-10(9-21)12-7-11(17)8-13(20-12)14(18)19/h7-8,10,14H,4-6,9H2,1-3H3. The highest BCUT2D eigenvalue weighted by Crippen LogP contribution is 2.30. The minimum absolute atomic E-state index is 0.0636. The van der Waals surface area contributed by atoms with E-state index in [0.717, 1.165) is 12.8 Å². The van der Waals surface area contributed by atoms with Crippen LogP contribution in [-0.4, -0.2) is 34.7 Å². The Hall–Kier alpha value is -1.24. The molecule has 1 saturated heterocycles. The molecule has 1 aliphatic heterocycles. The lowest BCUT2D eigenvalue weighted by Crippen LogP contribution is -2.42. The highest BCUT2D eigenvalue weighted by Gasteiger charge is 2.29. The molecule has 0 saturated carbocycles. The van der Waals surface area contributed by atoms with Crippen LogP contribution in [0.5, 0.6) is 0 Å². The lowest BCUT2D eigenvalue weighted by Gasteiger charge is -2.34. The number of pyridine rings is 1. The number of piperidine rings is 1. The largest absolute Gasteiger partial charge is 0.444 e. The maximum absolute atomic E-state index is 12.9. The molecule has 1 aliphatic rings. The van der Waals surface area contributed by atoms with E-state index >= 15 is 0 Å². The normalized spacial score (nSPS) is 19.1. The van der Waals surface area contributed by atoms with Gasteiger partial charge in [0, 0.05) is 29.2 Å². The molecule has 0 spiro atoms. The van der Waals surface area contributed by atoms with Gasteiger partial charge in [-0.3, -0.25) is 4.98 Å². The molecule has 1 aromatic heterocycles. The van der Waals surface area contributed by atoms with E-state index in [9.17, 15) is 13.6 Å². The molecule has 1 unspecified atom stereocenters. The number of nitrogens with zero attached hydrogens (tertiary/aromatic N) is 2. The molecule has 2 heterocycles. The summed E-state index contributed by atoms with van der Waals surface area (Å²) in [4.78, 5) is 17.9. The summed E-state index contributed by atoms with van der Waals surface area (Å²) < 4.78 is 31.8. The van der Waals surface area contributed by atoms with E-state index in [1.165, 1.54) is 6.07 Å². The first kappa shape index (κ1) is 18.1. The van der Waals surface area contributed by atoms with Gasteiger partial charge in [0.1, 0.15) is 11.3 Å². The van der Waals surface area contributed by atoms with E-state index in [4.69, 9.17) is 4.74 Å². The number of aromatic nitrogens is 1. The molecule has 1 fully saturated rings. The van der Waals surface area contributed by atoms with Crippen molar-refractivity contribution in [2.45, 2.75) is 51.6 Å². The van der Waals surface area contributed by atoms with Gasteiger partial charge in [-0.1, -0.05) is 15.9 Å². The predicted molar refractivity (Wildman–Crippen MR) is 86.7 cm³/mol. The molecule has 0 radical (unpaired) electrons. The number of alkyl halides is 2. The molecule has 128 valence electrons. The van der Waals surface area contributed by atoms with Gasteiger partial charge in [-0.25, -0.2) is 13.6 Å². The minimum Gasteiger partial charge on any atom is -0.444 e. The summed E-state index contributed by atoms with van der Waals surface area (Å²) in [6.45, 7) is 6.49. The van der Waals surface area contributed by atoms with Gasteiger partial charge < -0.3 is 9.64 Å². The highest BCUT2D eigenvalue weighted by atomic mass is 79.9. The summed E-state index contributed by atoms with van der Waals surface area (Å²) in [7, 11) is 0. The fourth-order valence-electron chi connectivity index (χ4n) is 2.57. The van der Waals surface area contributed by atoms with Gasteiger partial charge in [0.05, 0.1) is 0 Å². The van der Waals surface area contributed by atoms with E-state index in [1.54, 1.807) is 11.0 Å². The third kappa shape index (κ3) is 5.12. The molecule has 0 aromatic carbocycles. The Labute approximate surface area is 143 Å². The second-order valence-electron chi connectivity index (χ2n) is 6.70. The summed E-state index contributed by atoms with van der Waals surface area (Å²) in [5, 5.41) is 0. The molecule has 1 aromatic rings. The number of amides is 1. The smallest absolute Gasteiger partial charge is 0.410 e. The van der Waals surface area contributed by atoms with E-state index in [1.807, 2.05) is 20.8 Å². The maximum Gasteiger partial charge on any atom is 0.410 e. The number of rotatable bonds is 2. The number of likely N-dealkylation sites (tertiary alicyclic amines) is 1. The Bertz CT molecular complexity index is 576. The second kappa shape index (κ2) is 7.11. The van der Waals surface area contributed by atoms with Gasteiger partial charge in [0.25, 0.3) is 6.43 Å². The van der Waals surface area contributed by atoms with Gasteiger partial charge in [0.2, 0.25) is 0 Å². The van der Waals surface area contributed by atoms with Crippen molar-refractivity contribution in [3.63, 3.8) is 0 Å². The van der Waals surface area contributed by atoms with Crippen molar-refractivity contribution in [2.75, 3.05) is 13.1 Å². The fraction of sp³-hybridized carbons (Fsp3) is 0.625. The zero-order valence-corrected chi connectivity index (χ0v) is 15.1. The molecule has 23 heavy (non-hydrogen) atoms. The zero-order valence-electron chi connectivity index (χ0n) is 13.5. The zero-order chi connectivity index (χ0) is 17.2. The van der Waals surface area contributed by atoms with Crippen molar-refractivity contribution < 1.29 is 18.3 Å². The summed E-state index contributed by atoms with van der Waals surface area (Å²) in [6, 6.07) is 3.07. The van der Waals surface area contributed by atoms with Crippen LogP contribution in [-0.2, 0) is 4.74 Å². The van der Waals surface area contributed by atoms with E-state index < -0.39 is 12.0 Å². The van der Waals surface area contributed by atoms with Crippen LogP contribution in [0.2, 0.25) is 0 Å². The summed E-state index contributed by atoms with van der Waals surface area (Å²) in [5.74, 6) is -0.0636. The molecule has 0 bridgehead atoms. The topological polar surface area (TPSA) is 42.4 Å². The molecular weight excluding hydrogens is 370 g/mol. The third-order valence-electron chi connectivity index (χ3n) is 3.54. The molecule has 1 amide bonds. The summed E-state index contributed by atoms with van der Waals surface area (Å²) >= 11 is 3.25. The SMILES string of the molecule is CC(C)(C)OC(=O)N1CCCC(c2cc(Br)cc(C(F)F)n2)C1. The van der Waals surface area contributed by atoms with Crippen LogP contribution in [0.1, 0.15) is 57.3 Å². The Morgan fingerprint density at radius 2 is 2.13 bits per heavy atom. The number of halogens is 3. The van der Waals surface area contributed by atoms with Crippen molar-refractivity contribution in [2.24, 2.45) is 0 Å². The Kier molecular flexibility index (Phi) is 5.60. The Morgan fingerprint density at radius 1 is 1.43 bits per heavy atom. The minimum atomic E-state index is -2.61. The number of ether oxygens (including phenoxy) is 1. The van der Waals surface area contributed by atoms with E-state index in [2.05, 4.69) is 20.9 Å². The van der Waals surface area contributed by atoms with Crippen LogP contribution in [0.4, 0.5) is 13.6 Å². The van der Waals surface area contributed by atoms with Crippen LogP contribution in [0.3, 0.4) is 0 Å². The summed E-state index contributed by atoms with van der Waals surface area (Å²) in [5.41, 5.74) is -0.215. The number of hydrogen-bond donors (Lipinski definition) is 0. The van der Waals surface area contributed by atoms with Crippen LogP contribution in [0.25, 0.3) is 0 Å². The van der Waals surface area contributed by atoms with Crippen molar-refractivity contribution in [1.82, 2.24) is 9.88 Å². The quantitative estimate of drug-likeness (QED) is 0.721. The van der Waals surface area contributed by atoms with Crippen molar-refractivity contribution in [1.29, 1.82) is 0 Å². The predicted octanol–water partition coefficient (Wildman–Crippen LogP) is 4.90. The van der Waals surface area contributed by atoms with E-state index in [-0.39, 0.29) is 17.7 Å². The number of hydrogen-bond acceptors (Lipinski definition) is 3. The fourth-order valence-corrected chi connectivity index (χ4v) is 3.04. The van der Waals surface area contributed by atoms with E-state index in [0.29, 0.717) is 23.3 Å². The Balaban J connectivity index is 2.14. The van der Waals surface area contributed by atoms with Crippen LogP contribution < -0.4 is 0 Å². The Morgan fingerprint density at radius 3 is 2.74 bits per heavy atom. The molecule has 1 atom stereocenters. The van der Waals surface area contributed by atoms with Crippen molar-refractivity contribution in [3.8, 4) is 0 Å². The van der Waals surface area contributed by atoms with Gasteiger partial charge in [0.15, 0.2) is 0 Å². The number of carbonyl (C=O) groups is 1. The van der Waals surface area contributed by atoms with Gasteiger partial charge >= 0.3 is 6.09 Å². The molecule has 0 N–H and O–H groups in total. The first-order valence-electron chi connectivity index (χ1n) is 7.59. The average molecular weight is 391 g/mol. The van der Waals surface area contributed by atoms with Crippen LogP contribution >= 0.6 is 15.9 Å². The number of carbonyl (C=O) groups excluding carboxylic acids is 1. The monoisotopic (exact) mass is 390 g/mol. The first-order chi connectivity index (χ1) is 10.7. The molecule has 2 rings (SSSR count). The molecular formula is C16H21BrF2N2O2. The van der Waals surface area contributed by atoms with Crippen LogP contribution in [0.15, 0.2) is 16.6 Å². The van der Waals surface area contributed by atoms with Gasteiger partial charge in [-0.15, -0.1) is 0 Å². The average Bonchev–Trinajstić information content (AvgIpc) is 2.45. The third-order valence-corrected chi connectivity index (χ3v) is 4.00. The van der Waals surface area contributed by atoms with Crippen molar-refractivity contribution >= 4 is 22.0 Å². The first-order valence-corrected chi connectivity index (χ1v) is 8.38. The molecule has 0 aliphatic carbocycles. The maximum atomic E-state index is 12.9. The summed E-state index contributed by atoms with van der Waals surface area (Å²) in [6.07, 6.45) is -1.38. The molecule has 7 heteroatoms.